The molecule has 2 heteroatoms. The fraction of sp³-hybridized carbons (Fsp3) is 0.100. The fourth-order valence-electron chi connectivity index (χ4n) is 0.930. The lowest BCUT2D eigenvalue weighted by Gasteiger charge is -1.99. The van der Waals surface area contributed by atoms with Crippen LogP contribution in [0.15, 0.2) is 18.2 Å². The average molecular weight is 156 g/mol. The molecule has 0 saturated carbocycles. The van der Waals surface area contributed by atoms with Crippen molar-refractivity contribution in [2.75, 3.05) is 5.73 Å². The zero-order valence-electron chi connectivity index (χ0n) is 6.54. The molecule has 58 valence electrons. The minimum atomic E-state index is 0.370. The molecule has 1 aromatic carbocycles. The van der Waals surface area contributed by atoms with Crippen LogP contribution in [0, 0.1) is 23.7 Å². The first kappa shape index (κ1) is 8.17. The van der Waals surface area contributed by atoms with Gasteiger partial charge in [-0.25, -0.2) is 0 Å². The fourth-order valence-corrected chi connectivity index (χ4v) is 0.930. The third kappa shape index (κ3) is 1.56. The van der Waals surface area contributed by atoms with Crippen LogP contribution in [0.2, 0.25) is 0 Å². The van der Waals surface area contributed by atoms with E-state index in [1.807, 2.05) is 6.07 Å². The van der Waals surface area contributed by atoms with E-state index in [9.17, 15) is 0 Å². The minimum Gasteiger partial charge on any atom is -0.398 e. The molecule has 2 nitrogen and oxygen atoms in total. The Balaban J connectivity index is 3.09. The van der Waals surface area contributed by atoms with E-state index in [2.05, 4.69) is 5.92 Å². The number of nitrogens with zero attached hydrogens (tertiary/aromatic N) is 1. The highest BCUT2D eigenvalue weighted by atomic mass is 14.5. The predicted molar refractivity (Wildman–Crippen MR) is 48.1 cm³/mol. The van der Waals surface area contributed by atoms with Gasteiger partial charge < -0.3 is 5.73 Å². The van der Waals surface area contributed by atoms with Crippen LogP contribution in [0.25, 0.3) is 0 Å². The molecule has 0 heterocycles. The van der Waals surface area contributed by atoms with Crippen molar-refractivity contribution in [2.45, 2.75) is 6.42 Å². The molecule has 0 aliphatic carbocycles. The molecule has 0 saturated heterocycles. The van der Waals surface area contributed by atoms with Crippen molar-refractivity contribution in [3.05, 3.63) is 29.3 Å². The van der Waals surface area contributed by atoms with Crippen molar-refractivity contribution < 1.29 is 0 Å². The Bertz CT molecular complexity index is 366. The van der Waals surface area contributed by atoms with Crippen molar-refractivity contribution in [2.24, 2.45) is 0 Å². The number of rotatable bonds is 1. The van der Waals surface area contributed by atoms with Crippen molar-refractivity contribution in [1.82, 2.24) is 0 Å². The third-order valence-electron chi connectivity index (χ3n) is 1.56. The summed E-state index contributed by atoms with van der Waals surface area (Å²) in [6, 6.07) is 7.34. The molecule has 0 fully saturated rings. The molecular formula is C10H8N2. The van der Waals surface area contributed by atoms with Crippen LogP contribution in [-0.4, -0.2) is 0 Å². The summed E-state index contributed by atoms with van der Waals surface area (Å²) in [5.74, 6) is 2.46. The summed E-state index contributed by atoms with van der Waals surface area (Å²) < 4.78 is 0. The number of nitrogen functional groups attached to an aromatic ring is 1. The number of nitriles is 1. The van der Waals surface area contributed by atoms with Gasteiger partial charge in [-0.05, 0) is 17.7 Å². The van der Waals surface area contributed by atoms with E-state index < -0.39 is 0 Å². The first-order chi connectivity index (χ1) is 5.77. The molecule has 0 amide bonds. The molecule has 0 spiro atoms. The largest absolute Gasteiger partial charge is 0.398 e. The molecule has 2 N–H and O–H groups in total. The van der Waals surface area contributed by atoms with Crippen LogP contribution in [0.5, 0.6) is 0 Å². The molecule has 1 aromatic rings. The Morgan fingerprint density at radius 1 is 1.50 bits per heavy atom. The summed E-state index contributed by atoms with van der Waals surface area (Å²) in [5, 5.41) is 8.42. The van der Waals surface area contributed by atoms with E-state index in [1.165, 1.54) is 0 Å². The summed E-state index contributed by atoms with van der Waals surface area (Å²) in [6.07, 6.45) is 5.57. The Hall–Kier alpha value is -1.93. The standard InChI is InChI=1S/C10H8N2/c1-2-9-7-8(5-6-11)3-4-10(9)12/h1,3-4,7H,5,12H2. The van der Waals surface area contributed by atoms with E-state index in [4.69, 9.17) is 17.4 Å². The third-order valence-corrected chi connectivity index (χ3v) is 1.56. The highest BCUT2D eigenvalue weighted by Crippen LogP contribution is 2.12. The zero-order valence-corrected chi connectivity index (χ0v) is 6.54. The van der Waals surface area contributed by atoms with Crippen LogP contribution in [0.3, 0.4) is 0 Å². The van der Waals surface area contributed by atoms with Gasteiger partial charge in [0, 0.05) is 11.3 Å². The van der Waals surface area contributed by atoms with Crippen LogP contribution >= 0.6 is 0 Å². The summed E-state index contributed by atoms with van der Waals surface area (Å²) >= 11 is 0. The van der Waals surface area contributed by atoms with Crippen molar-refractivity contribution in [1.29, 1.82) is 5.26 Å². The van der Waals surface area contributed by atoms with Crippen molar-refractivity contribution >= 4 is 5.69 Å². The maximum Gasteiger partial charge on any atom is 0.0669 e. The number of hydrogen-bond donors (Lipinski definition) is 1. The number of anilines is 1. The van der Waals surface area contributed by atoms with Gasteiger partial charge in [0.15, 0.2) is 0 Å². The van der Waals surface area contributed by atoms with Crippen molar-refractivity contribution in [3.63, 3.8) is 0 Å². The number of nitrogens with two attached hydrogens (primary N) is 1. The summed E-state index contributed by atoms with van der Waals surface area (Å²) in [4.78, 5) is 0. The quantitative estimate of drug-likeness (QED) is 0.492. The predicted octanol–water partition coefficient (Wildman–Crippen LogP) is 1.32. The lowest BCUT2D eigenvalue weighted by Crippen LogP contribution is -1.91. The monoisotopic (exact) mass is 156 g/mol. The smallest absolute Gasteiger partial charge is 0.0669 e. The van der Waals surface area contributed by atoms with Gasteiger partial charge in [-0.3, -0.25) is 0 Å². The lowest BCUT2D eigenvalue weighted by atomic mass is 10.1. The topological polar surface area (TPSA) is 49.8 Å². The van der Waals surface area contributed by atoms with Gasteiger partial charge in [-0.15, -0.1) is 6.42 Å². The molecule has 0 aromatic heterocycles. The van der Waals surface area contributed by atoms with E-state index in [-0.39, 0.29) is 0 Å². The summed E-state index contributed by atoms with van der Waals surface area (Å²) in [7, 11) is 0. The SMILES string of the molecule is C#Cc1cc(CC#N)ccc1N. The minimum absolute atomic E-state index is 0.370. The molecule has 0 radical (unpaired) electrons. The molecule has 0 aliphatic heterocycles. The van der Waals surface area contributed by atoms with Crippen LogP contribution in [0.4, 0.5) is 5.69 Å². The highest BCUT2D eigenvalue weighted by Gasteiger charge is 1.97. The Morgan fingerprint density at radius 3 is 2.83 bits per heavy atom. The highest BCUT2D eigenvalue weighted by molar-refractivity contribution is 5.56. The summed E-state index contributed by atoms with van der Waals surface area (Å²) in [6.45, 7) is 0. The van der Waals surface area contributed by atoms with E-state index in [0.29, 0.717) is 17.7 Å². The van der Waals surface area contributed by atoms with Gasteiger partial charge in [0.25, 0.3) is 0 Å². The number of terminal acetylenes is 1. The van der Waals surface area contributed by atoms with Crippen molar-refractivity contribution in [3.8, 4) is 18.4 Å². The van der Waals surface area contributed by atoms with Crippen LogP contribution < -0.4 is 5.73 Å². The Morgan fingerprint density at radius 2 is 2.25 bits per heavy atom. The molecule has 0 atom stereocenters. The van der Waals surface area contributed by atoms with Gasteiger partial charge in [-0.1, -0.05) is 12.0 Å². The zero-order chi connectivity index (χ0) is 8.97. The van der Waals surface area contributed by atoms with E-state index in [1.54, 1.807) is 18.2 Å². The first-order valence-electron chi connectivity index (χ1n) is 3.50. The lowest BCUT2D eigenvalue weighted by molar-refractivity contribution is 1.26. The average Bonchev–Trinajstić information content (AvgIpc) is 2.09. The van der Waals surface area contributed by atoms with Gasteiger partial charge >= 0.3 is 0 Å². The van der Waals surface area contributed by atoms with E-state index >= 15 is 0 Å². The van der Waals surface area contributed by atoms with Gasteiger partial charge in [0.2, 0.25) is 0 Å². The molecular weight excluding hydrogens is 148 g/mol. The molecule has 0 unspecified atom stereocenters. The first-order valence-corrected chi connectivity index (χ1v) is 3.50. The Kier molecular flexibility index (Phi) is 2.35. The van der Waals surface area contributed by atoms with Crippen LogP contribution in [-0.2, 0) is 6.42 Å². The second kappa shape index (κ2) is 3.46. The molecule has 1 rings (SSSR count). The maximum absolute atomic E-state index is 8.42. The van der Waals surface area contributed by atoms with E-state index in [0.717, 1.165) is 5.56 Å². The summed E-state index contributed by atoms with van der Waals surface area (Å²) in [5.41, 5.74) is 7.71. The normalized spacial score (nSPS) is 8.50. The van der Waals surface area contributed by atoms with Gasteiger partial charge in [-0.2, -0.15) is 5.26 Å². The second-order valence-corrected chi connectivity index (χ2v) is 2.40. The van der Waals surface area contributed by atoms with Crippen LogP contribution in [0.1, 0.15) is 11.1 Å². The second-order valence-electron chi connectivity index (χ2n) is 2.40. The molecule has 0 aliphatic rings. The number of hydrogen-bond acceptors (Lipinski definition) is 2. The number of benzene rings is 1. The van der Waals surface area contributed by atoms with Gasteiger partial charge in [0.05, 0.1) is 12.5 Å². The Labute approximate surface area is 71.6 Å². The van der Waals surface area contributed by atoms with Gasteiger partial charge in [0.1, 0.15) is 0 Å². The molecule has 0 bridgehead atoms. The maximum atomic E-state index is 8.42. The molecule has 12 heavy (non-hydrogen) atoms.